The topological polar surface area (TPSA) is 62.7 Å². The summed E-state index contributed by atoms with van der Waals surface area (Å²) in [5.41, 5.74) is 4.58. The minimum Gasteiger partial charge on any atom is -0.361 e. The van der Waals surface area contributed by atoms with E-state index in [-0.39, 0.29) is 11.9 Å². The van der Waals surface area contributed by atoms with Crippen molar-refractivity contribution < 1.29 is 4.79 Å². The lowest BCUT2D eigenvalue weighted by Crippen LogP contribution is -2.26. The first kappa shape index (κ1) is 16.3. The molecule has 0 saturated carbocycles. The van der Waals surface area contributed by atoms with Crippen molar-refractivity contribution >= 4 is 16.8 Å². The molecule has 3 rings (SSSR count). The fourth-order valence-electron chi connectivity index (χ4n) is 3.11. The van der Waals surface area contributed by atoms with Crippen molar-refractivity contribution in [1.82, 2.24) is 20.1 Å². The standard InChI is InChI=1S/C19H24N4O/c1-13(17-12-21-23(3)14(17)2)22-19(24)10-6-7-15-11-20-18-9-5-4-8-16(15)18/h4-5,8-9,11-13,20H,6-7,10H2,1-3H3,(H,22,24). The number of carbonyl (C=O) groups excluding carboxylic acids is 1. The van der Waals surface area contributed by atoms with Crippen LogP contribution in [0.5, 0.6) is 0 Å². The minimum atomic E-state index is -0.0145. The highest BCUT2D eigenvalue weighted by Gasteiger charge is 2.14. The number of carbonyl (C=O) groups is 1. The molecule has 2 aromatic heterocycles. The van der Waals surface area contributed by atoms with Gasteiger partial charge in [0.25, 0.3) is 0 Å². The lowest BCUT2D eigenvalue weighted by atomic mass is 10.1. The van der Waals surface area contributed by atoms with E-state index < -0.39 is 0 Å². The van der Waals surface area contributed by atoms with Crippen molar-refractivity contribution in [1.29, 1.82) is 0 Å². The summed E-state index contributed by atoms with van der Waals surface area (Å²) < 4.78 is 1.83. The van der Waals surface area contributed by atoms with Gasteiger partial charge in [-0.1, -0.05) is 18.2 Å². The lowest BCUT2D eigenvalue weighted by molar-refractivity contribution is -0.121. The Bertz CT molecular complexity index is 846. The van der Waals surface area contributed by atoms with Gasteiger partial charge >= 0.3 is 0 Å². The number of nitrogens with zero attached hydrogens (tertiary/aromatic N) is 2. The van der Waals surface area contributed by atoms with Crippen molar-refractivity contribution in [3.05, 3.63) is 53.5 Å². The Morgan fingerprint density at radius 2 is 2.17 bits per heavy atom. The van der Waals surface area contributed by atoms with E-state index in [0.29, 0.717) is 6.42 Å². The second-order valence-electron chi connectivity index (χ2n) is 6.31. The first-order chi connectivity index (χ1) is 11.6. The van der Waals surface area contributed by atoms with Crippen LogP contribution in [0, 0.1) is 6.92 Å². The van der Waals surface area contributed by atoms with Crippen LogP contribution in [0.15, 0.2) is 36.7 Å². The zero-order valence-electron chi connectivity index (χ0n) is 14.5. The van der Waals surface area contributed by atoms with Gasteiger partial charge in [0.05, 0.1) is 12.2 Å². The summed E-state index contributed by atoms with van der Waals surface area (Å²) in [6, 6.07) is 8.25. The number of hydrogen-bond acceptors (Lipinski definition) is 2. The van der Waals surface area contributed by atoms with Crippen molar-refractivity contribution in [2.75, 3.05) is 0 Å². The van der Waals surface area contributed by atoms with Gasteiger partial charge in [-0.25, -0.2) is 0 Å². The number of para-hydroxylation sites is 1. The van der Waals surface area contributed by atoms with Crippen molar-refractivity contribution in [2.45, 2.75) is 39.2 Å². The predicted molar refractivity (Wildman–Crippen MR) is 95.7 cm³/mol. The van der Waals surface area contributed by atoms with E-state index in [1.165, 1.54) is 10.9 Å². The predicted octanol–water partition coefficient (Wildman–Crippen LogP) is 3.41. The molecule has 0 aliphatic rings. The Morgan fingerprint density at radius 3 is 2.92 bits per heavy atom. The highest BCUT2D eigenvalue weighted by molar-refractivity contribution is 5.83. The fourth-order valence-corrected chi connectivity index (χ4v) is 3.11. The third kappa shape index (κ3) is 3.35. The Balaban J connectivity index is 1.51. The third-order valence-electron chi connectivity index (χ3n) is 4.64. The second-order valence-corrected chi connectivity index (χ2v) is 6.31. The Kier molecular flexibility index (Phi) is 4.69. The van der Waals surface area contributed by atoms with Gasteiger partial charge in [0.1, 0.15) is 0 Å². The number of nitrogens with one attached hydrogen (secondary N) is 2. The minimum absolute atomic E-state index is 0.0145. The molecule has 2 N–H and O–H groups in total. The maximum atomic E-state index is 12.2. The summed E-state index contributed by atoms with van der Waals surface area (Å²) >= 11 is 0. The molecule has 2 heterocycles. The molecule has 5 heteroatoms. The Hall–Kier alpha value is -2.56. The molecule has 0 radical (unpaired) electrons. The number of aromatic nitrogens is 3. The van der Waals surface area contributed by atoms with E-state index in [4.69, 9.17) is 0 Å². The molecular weight excluding hydrogens is 300 g/mol. The van der Waals surface area contributed by atoms with E-state index in [9.17, 15) is 4.79 Å². The van der Waals surface area contributed by atoms with Gasteiger partial charge < -0.3 is 10.3 Å². The average molecular weight is 324 g/mol. The quantitative estimate of drug-likeness (QED) is 0.730. The highest BCUT2D eigenvalue weighted by atomic mass is 16.1. The molecule has 126 valence electrons. The van der Waals surface area contributed by atoms with Gasteiger partial charge in [-0.3, -0.25) is 9.48 Å². The first-order valence-electron chi connectivity index (χ1n) is 8.39. The molecular formula is C19H24N4O. The van der Waals surface area contributed by atoms with Gasteiger partial charge in [0.2, 0.25) is 5.91 Å². The summed E-state index contributed by atoms with van der Waals surface area (Å²) in [5.74, 6) is 0.0885. The smallest absolute Gasteiger partial charge is 0.220 e. The maximum absolute atomic E-state index is 12.2. The second kappa shape index (κ2) is 6.91. The van der Waals surface area contributed by atoms with Crippen LogP contribution < -0.4 is 5.32 Å². The van der Waals surface area contributed by atoms with Crippen LogP contribution in [0.3, 0.4) is 0 Å². The van der Waals surface area contributed by atoms with Gasteiger partial charge in [0.15, 0.2) is 0 Å². The molecule has 24 heavy (non-hydrogen) atoms. The summed E-state index contributed by atoms with van der Waals surface area (Å²) in [7, 11) is 1.91. The number of fused-ring (bicyclic) bond motifs is 1. The van der Waals surface area contributed by atoms with Crippen LogP contribution >= 0.6 is 0 Å². The highest BCUT2D eigenvalue weighted by Crippen LogP contribution is 2.20. The van der Waals surface area contributed by atoms with E-state index in [2.05, 4.69) is 27.5 Å². The lowest BCUT2D eigenvalue weighted by Gasteiger charge is -2.13. The number of aryl methyl sites for hydroxylation is 2. The zero-order valence-corrected chi connectivity index (χ0v) is 14.5. The number of H-pyrrole nitrogens is 1. The number of aromatic amines is 1. The van der Waals surface area contributed by atoms with Crippen LogP contribution in [0.2, 0.25) is 0 Å². The molecule has 1 aromatic carbocycles. The van der Waals surface area contributed by atoms with E-state index in [1.54, 1.807) is 0 Å². The third-order valence-corrected chi connectivity index (χ3v) is 4.64. The summed E-state index contributed by atoms with van der Waals surface area (Å²) in [4.78, 5) is 15.5. The van der Waals surface area contributed by atoms with Gasteiger partial charge in [-0.2, -0.15) is 5.10 Å². The molecule has 3 aromatic rings. The number of hydrogen-bond donors (Lipinski definition) is 2. The summed E-state index contributed by atoms with van der Waals surface area (Å²) in [6.45, 7) is 4.02. The Morgan fingerprint density at radius 1 is 1.38 bits per heavy atom. The van der Waals surface area contributed by atoms with Gasteiger partial charge in [0, 0.05) is 41.8 Å². The number of amides is 1. The largest absolute Gasteiger partial charge is 0.361 e. The summed E-state index contributed by atoms with van der Waals surface area (Å²) in [6.07, 6.45) is 6.14. The zero-order chi connectivity index (χ0) is 17.1. The average Bonchev–Trinajstić information content (AvgIpc) is 3.12. The van der Waals surface area contributed by atoms with Crippen molar-refractivity contribution in [3.8, 4) is 0 Å². The maximum Gasteiger partial charge on any atom is 0.220 e. The van der Waals surface area contributed by atoms with Crippen LogP contribution in [0.4, 0.5) is 0 Å². The van der Waals surface area contributed by atoms with E-state index >= 15 is 0 Å². The normalized spacial score (nSPS) is 12.5. The van der Waals surface area contributed by atoms with Crippen molar-refractivity contribution in [3.63, 3.8) is 0 Å². The number of benzene rings is 1. The molecule has 1 amide bonds. The molecule has 5 nitrogen and oxygen atoms in total. The van der Waals surface area contributed by atoms with E-state index in [1.807, 2.05) is 50.1 Å². The molecule has 1 unspecified atom stereocenters. The monoisotopic (exact) mass is 324 g/mol. The molecule has 1 atom stereocenters. The van der Waals surface area contributed by atoms with Crippen molar-refractivity contribution in [2.24, 2.45) is 7.05 Å². The molecule has 0 spiro atoms. The van der Waals surface area contributed by atoms with Crippen LogP contribution in [0.25, 0.3) is 10.9 Å². The molecule has 0 aliphatic heterocycles. The molecule has 0 bridgehead atoms. The summed E-state index contributed by atoms with van der Waals surface area (Å²) in [5, 5.41) is 8.55. The van der Waals surface area contributed by atoms with Gasteiger partial charge in [-0.15, -0.1) is 0 Å². The van der Waals surface area contributed by atoms with E-state index in [0.717, 1.165) is 29.6 Å². The SMILES string of the molecule is Cc1c(C(C)NC(=O)CCCc2c[nH]c3ccccc23)cnn1C. The van der Waals surface area contributed by atoms with Crippen LogP contribution in [-0.2, 0) is 18.3 Å². The van der Waals surface area contributed by atoms with Crippen LogP contribution in [0.1, 0.15) is 42.6 Å². The molecule has 0 saturated heterocycles. The van der Waals surface area contributed by atoms with Crippen LogP contribution in [-0.4, -0.2) is 20.7 Å². The molecule has 0 aliphatic carbocycles. The first-order valence-corrected chi connectivity index (χ1v) is 8.39. The fraction of sp³-hybridized carbons (Fsp3) is 0.368. The van der Waals surface area contributed by atoms with Gasteiger partial charge in [-0.05, 0) is 38.3 Å². The Labute approximate surface area is 142 Å². The number of rotatable bonds is 6. The molecule has 0 fully saturated rings.